The van der Waals surface area contributed by atoms with Crippen LogP contribution in [-0.4, -0.2) is 66.5 Å². The number of nitrogens with zero attached hydrogens (tertiary/aromatic N) is 6. The molecule has 1 N–H and O–H groups in total. The third-order valence-corrected chi connectivity index (χ3v) is 9.89. The van der Waals surface area contributed by atoms with Gasteiger partial charge in [0.05, 0.1) is 17.3 Å². The lowest BCUT2D eigenvalue weighted by molar-refractivity contribution is -0.151. The average molecular weight is 711 g/mol. The van der Waals surface area contributed by atoms with Crippen LogP contribution in [0.3, 0.4) is 0 Å². The van der Waals surface area contributed by atoms with Gasteiger partial charge in [0.1, 0.15) is 12.0 Å². The topological polar surface area (TPSA) is 114 Å². The van der Waals surface area contributed by atoms with Gasteiger partial charge in [0, 0.05) is 61.4 Å². The number of carboxylic acid groups (broad SMARTS) is 1. The average Bonchev–Trinajstić information content (AvgIpc) is 3.75. The van der Waals surface area contributed by atoms with Gasteiger partial charge in [-0.2, -0.15) is 31.4 Å². The van der Waals surface area contributed by atoms with E-state index in [-0.39, 0.29) is 43.6 Å². The Morgan fingerprint density at radius 3 is 1.94 bits per heavy atom. The minimum atomic E-state index is -5.02. The molecule has 1 aromatic carbocycles. The van der Waals surface area contributed by atoms with Crippen LogP contribution in [0.1, 0.15) is 81.9 Å². The molecule has 0 spiro atoms. The van der Waals surface area contributed by atoms with Crippen molar-refractivity contribution >= 4 is 18.0 Å². The number of carbonyl (C=O) groups excluding carboxylic acids is 1. The number of carbonyl (C=O) groups is 2. The zero-order valence-electron chi connectivity index (χ0n) is 28.0. The molecule has 50 heavy (non-hydrogen) atoms. The molecule has 5 rings (SSSR count). The first-order valence-corrected chi connectivity index (χ1v) is 16.6. The lowest BCUT2D eigenvalue weighted by atomic mass is 9.87. The number of hydrogen-bond donors (Lipinski definition) is 1. The number of ether oxygens (including phenoxy) is 1. The summed E-state index contributed by atoms with van der Waals surface area (Å²) in [5.41, 5.74) is -2.89. The second-order valence-corrected chi connectivity index (χ2v) is 13.2. The molecular weight excluding hydrogens is 670 g/mol. The summed E-state index contributed by atoms with van der Waals surface area (Å²) in [4.78, 5) is 37.9. The van der Waals surface area contributed by atoms with Crippen molar-refractivity contribution in [3.05, 3.63) is 59.7 Å². The quantitative estimate of drug-likeness (QED) is 0.213. The monoisotopic (exact) mass is 710 g/mol. The molecule has 2 fully saturated rings. The van der Waals surface area contributed by atoms with Gasteiger partial charge in [-0.05, 0) is 62.3 Å². The lowest BCUT2D eigenvalue weighted by Crippen LogP contribution is -2.57. The number of anilines is 1. The van der Waals surface area contributed by atoms with Gasteiger partial charge in [-0.15, -0.1) is 0 Å². The molecule has 16 heteroatoms. The number of carboxylic acids is 1. The fraction of sp³-hybridized carbons (Fsp3) is 0.559. The van der Waals surface area contributed by atoms with Crippen LogP contribution in [-0.2, 0) is 35.5 Å². The third kappa shape index (κ3) is 7.99. The fourth-order valence-corrected chi connectivity index (χ4v) is 7.13. The zero-order valence-corrected chi connectivity index (χ0v) is 28.0. The Balaban J connectivity index is 1.48. The van der Waals surface area contributed by atoms with Crippen molar-refractivity contribution in [1.29, 1.82) is 0 Å². The predicted octanol–water partition coefficient (Wildman–Crippen LogP) is 7.72. The lowest BCUT2D eigenvalue weighted by Gasteiger charge is -2.47. The zero-order chi connectivity index (χ0) is 36.4. The molecule has 1 saturated heterocycles. The van der Waals surface area contributed by atoms with E-state index in [0.717, 1.165) is 12.8 Å². The minimum Gasteiger partial charge on any atom is -0.481 e. The van der Waals surface area contributed by atoms with Gasteiger partial charge < -0.3 is 19.6 Å². The van der Waals surface area contributed by atoms with Crippen LogP contribution in [0.25, 0.3) is 11.1 Å². The minimum absolute atomic E-state index is 0.0947. The highest BCUT2D eigenvalue weighted by Crippen LogP contribution is 2.41. The summed E-state index contributed by atoms with van der Waals surface area (Å²) in [5, 5.41) is 14.0. The molecule has 3 aromatic rings. The summed E-state index contributed by atoms with van der Waals surface area (Å²) < 4.78 is 90.1. The fourth-order valence-electron chi connectivity index (χ4n) is 7.13. The molecule has 1 amide bonds. The number of aryl methyl sites for hydroxylation is 1. The van der Waals surface area contributed by atoms with Gasteiger partial charge in [0.2, 0.25) is 5.95 Å². The van der Waals surface area contributed by atoms with E-state index in [2.05, 4.69) is 15.1 Å². The summed E-state index contributed by atoms with van der Waals surface area (Å²) in [6.07, 6.45) is -0.553. The summed E-state index contributed by atoms with van der Waals surface area (Å²) in [5.74, 6) is -0.909. The number of amides is 1. The smallest absolute Gasteiger partial charge is 0.416 e. The van der Waals surface area contributed by atoms with Crippen LogP contribution in [0.2, 0.25) is 0 Å². The Bertz CT molecular complexity index is 1610. The van der Waals surface area contributed by atoms with Crippen molar-refractivity contribution in [2.75, 3.05) is 11.5 Å². The van der Waals surface area contributed by atoms with Crippen LogP contribution in [0.4, 0.5) is 37.1 Å². The Morgan fingerprint density at radius 1 is 0.920 bits per heavy atom. The Kier molecular flexibility index (Phi) is 10.7. The first-order chi connectivity index (χ1) is 23.5. The SMILES string of the molecule is CCC1CC(N(Cc2cc(C(F)(F)F)cc(C(F)(F)F)c2)c2ncc(-c3cnn(C)c3)cn2)CC(CC)N1C(=O)OCC1(C(=O)O)CCCC1. The highest BCUT2D eigenvalue weighted by atomic mass is 19.4. The van der Waals surface area contributed by atoms with E-state index in [1.54, 1.807) is 33.9 Å². The van der Waals surface area contributed by atoms with Gasteiger partial charge in [-0.25, -0.2) is 14.8 Å². The van der Waals surface area contributed by atoms with Crippen molar-refractivity contribution in [2.45, 2.75) is 102 Å². The second kappa shape index (κ2) is 14.5. The Labute approximate surface area is 285 Å². The van der Waals surface area contributed by atoms with E-state index in [9.17, 15) is 41.0 Å². The predicted molar refractivity (Wildman–Crippen MR) is 170 cm³/mol. The highest BCUT2D eigenvalue weighted by Gasteiger charge is 2.45. The maximum absolute atomic E-state index is 13.8. The first kappa shape index (κ1) is 36.9. The van der Waals surface area contributed by atoms with Crippen molar-refractivity contribution < 1.29 is 45.8 Å². The number of aliphatic carboxylic acids is 1. The molecule has 1 aliphatic carbocycles. The summed E-state index contributed by atoms with van der Waals surface area (Å²) >= 11 is 0. The van der Waals surface area contributed by atoms with Gasteiger partial charge in [-0.1, -0.05) is 26.7 Å². The number of halogens is 6. The van der Waals surface area contributed by atoms with E-state index in [4.69, 9.17) is 4.74 Å². The molecule has 2 unspecified atom stereocenters. The van der Waals surface area contributed by atoms with Crippen LogP contribution in [0.5, 0.6) is 0 Å². The van der Waals surface area contributed by atoms with E-state index in [1.807, 2.05) is 13.8 Å². The molecule has 1 aliphatic heterocycles. The third-order valence-electron chi connectivity index (χ3n) is 9.89. The second-order valence-electron chi connectivity index (χ2n) is 13.2. The molecule has 1 saturated carbocycles. The van der Waals surface area contributed by atoms with Crippen LogP contribution >= 0.6 is 0 Å². The van der Waals surface area contributed by atoms with Crippen LogP contribution in [0.15, 0.2) is 43.0 Å². The number of piperidine rings is 1. The van der Waals surface area contributed by atoms with E-state index in [1.165, 1.54) is 12.4 Å². The van der Waals surface area contributed by atoms with Crippen LogP contribution < -0.4 is 4.90 Å². The van der Waals surface area contributed by atoms with Crippen molar-refractivity contribution in [3.63, 3.8) is 0 Å². The number of likely N-dealkylation sites (tertiary alicyclic amines) is 1. The summed E-state index contributed by atoms with van der Waals surface area (Å²) in [7, 11) is 1.74. The van der Waals surface area contributed by atoms with Gasteiger partial charge in [0.25, 0.3) is 0 Å². The normalized spacial score (nSPS) is 20.9. The first-order valence-electron chi connectivity index (χ1n) is 16.6. The molecule has 2 atom stereocenters. The van der Waals surface area contributed by atoms with Crippen molar-refractivity contribution in [2.24, 2.45) is 12.5 Å². The molecule has 2 aliphatic rings. The van der Waals surface area contributed by atoms with Gasteiger partial charge in [0.15, 0.2) is 0 Å². The van der Waals surface area contributed by atoms with Gasteiger partial charge >= 0.3 is 24.4 Å². The maximum Gasteiger partial charge on any atom is 0.416 e. The summed E-state index contributed by atoms with van der Waals surface area (Å²) in [6.45, 7) is 3.10. The number of rotatable bonds is 10. The molecule has 0 radical (unpaired) electrons. The molecule has 272 valence electrons. The Hall–Kier alpha value is -4.37. The Morgan fingerprint density at radius 2 is 1.48 bits per heavy atom. The highest BCUT2D eigenvalue weighted by molar-refractivity contribution is 5.76. The molecule has 2 aromatic heterocycles. The number of benzene rings is 1. The number of hydrogen-bond acceptors (Lipinski definition) is 7. The molecule has 10 nitrogen and oxygen atoms in total. The number of aromatic nitrogens is 4. The molecular formula is C34H40F6N6O4. The maximum atomic E-state index is 13.8. The van der Waals surface area contributed by atoms with E-state index >= 15 is 0 Å². The van der Waals surface area contributed by atoms with Crippen molar-refractivity contribution in [3.8, 4) is 11.1 Å². The van der Waals surface area contributed by atoms with Crippen molar-refractivity contribution in [1.82, 2.24) is 24.6 Å². The number of alkyl halides is 6. The molecule has 0 bridgehead atoms. The standard InChI is InChI=1S/C34H40F6N6O4/c1-4-26-13-28(14-27(5-2)46(26)31(49)50-20-32(29(47)48)8-6-7-9-32)45(30-41-15-22(16-42-30)23-17-43-44(3)19-23)18-21-10-24(33(35,36)37)12-25(11-21)34(38,39)40/h10-12,15-17,19,26-28H,4-9,13-14,18,20H2,1-3H3,(H,47,48). The largest absolute Gasteiger partial charge is 0.481 e. The van der Waals surface area contributed by atoms with E-state index < -0.39 is 59.1 Å². The van der Waals surface area contributed by atoms with E-state index in [0.29, 0.717) is 48.9 Å². The summed E-state index contributed by atoms with van der Waals surface area (Å²) in [6, 6.07) is 0.142. The van der Waals surface area contributed by atoms with Gasteiger partial charge in [-0.3, -0.25) is 9.48 Å². The molecule has 3 heterocycles. The van der Waals surface area contributed by atoms with Crippen LogP contribution in [0, 0.1) is 5.41 Å².